The smallest absolute Gasteiger partial charge is 0.175 e. The molecule has 74 valence electrons. The van der Waals surface area contributed by atoms with E-state index in [9.17, 15) is 5.21 Å². The average Bonchev–Trinajstić information content (AvgIpc) is 2.86. The molecule has 0 saturated heterocycles. The maximum atomic E-state index is 9.54. The standard InChI is InChI=1S/C11H8N2OS/c14-13-5-1-3-8-7-9(12-11(8)13)10-4-2-6-15-10/h1-7,14H. The van der Waals surface area contributed by atoms with Gasteiger partial charge in [0.15, 0.2) is 5.82 Å². The lowest BCUT2D eigenvalue weighted by molar-refractivity contribution is 0.187. The molecular formula is C11H8N2OS. The quantitative estimate of drug-likeness (QED) is 0.635. The second-order valence-electron chi connectivity index (χ2n) is 3.25. The predicted octanol–water partition coefficient (Wildman–Crippen LogP) is 2.95. The molecule has 3 heterocycles. The van der Waals surface area contributed by atoms with Crippen LogP contribution in [0.1, 0.15) is 0 Å². The summed E-state index contributed by atoms with van der Waals surface area (Å²) in [6.07, 6.45) is 1.58. The Balaban J connectivity index is 2.24. The van der Waals surface area contributed by atoms with Crippen LogP contribution in [0.4, 0.5) is 0 Å². The third-order valence-electron chi connectivity index (χ3n) is 2.27. The maximum Gasteiger partial charge on any atom is 0.175 e. The minimum Gasteiger partial charge on any atom is -0.427 e. The van der Waals surface area contributed by atoms with Crippen molar-refractivity contribution in [3.8, 4) is 22.0 Å². The number of hydrogen-bond acceptors (Lipinski definition) is 3. The van der Waals surface area contributed by atoms with Crippen molar-refractivity contribution in [2.24, 2.45) is 0 Å². The highest BCUT2D eigenvalue weighted by Crippen LogP contribution is 2.30. The summed E-state index contributed by atoms with van der Waals surface area (Å²) in [5.41, 5.74) is 1.86. The van der Waals surface area contributed by atoms with Crippen LogP contribution in [0, 0.1) is 0 Å². The predicted molar refractivity (Wildman–Crippen MR) is 59.3 cm³/mol. The average molecular weight is 216 g/mol. The van der Waals surface area contributed by atoms with Gasteiger partial charge in [-0.05, 0) is 29.6 Å². The summed E-state index contributed by atoms with van der Waals surface area (Å²) in [7, 11) is 0. The molecular weight excluding hydrogens is 208 g/mol. The summed E-state index contributed by atoms with van der Waals surface area (Å²) >= 11 is 1.64. The van der Waals surface area contributed by atoms with Gasteiger partial charge in [-0.15, -0.1) is 11.3 Å². The number of nitrogens with zero attached hydrogens (tertiary/aromatic N) is 2. The number of fused-ring (bicyclic) bond motifs is 1. The summed E-state index contributed by atoms with van der Waals surface area (Å²) in [5, 5.41) is 11.6. The van der Waals surface area contributed by atoms with Crippen molar-refractivity contribution in [1.29, 1.82) is 0 Å². The van der Waals surface area contributed by atoms with Crippen LogP contribution in [0.25, 0.3) is 22.0 Å². The molecule has 2 aliphatic heterocycles. The first kappa shape index (κ1) is 8.49. The van der Waals surface area contributed by atoms with E-state index >= 15 is 0 Å². The first-order valence-corrected chi connectivity index (χ1v) is 5.44. The van der Waals surface area contributed by atoms with E-state index in [-0.39, 0.29) is 0 Å². The SMILES string of the molecule is On1cccc2cc(-c3cccs3)nc1-2. The van der Waals surface area contributed by atoms with Crippen LogP contribution < -0.4 is 0 Å². The second-order valence-corrected chi connectivity index (χ2v) is 4.20. The summed E-state index contributed by atoms with van der Waals surface area (Å²) in [6, 6.07) is 9.72. The monoisotopic (exact) mass is 216 g/mol. The normalized spacial score (nSPS) is 10.9. The first-order chi connectivity index (χ1) is 7.34. The fourth-order valence-electron chi connectivity index (χ4n) is 1.58. The number of thiophene rings is 1. The topological polar surface area (TPSA) is 38.0 Å². The van der Waals surface area contributed by atoms with Gasteiger partial charge < -0.3 is 5.21 Å². The van der Waals surface area contributed by atoms with E-state index < -0.39 is 0 Å². The Labute approximate surface area is 90.6 Å². The van der Waals surface area contributed by atoms with Crippen LogP contribution in [0.15, 0.2) is 41.9 Å². The van der Waals surface area contributed by atoms with E-state index in [0.717, 1.165) is 20.9 Å². The van der Waals surface area contributed by atoms with E-state index in [1.807, 2.05) is 29.6 Å². The van der Waals surface area contributed by atoms with Gasteiger partial charge in [0, 0.05) is 11.8 Å². The van der Waals surface area contributed by atoms with Crippen molar-refractivity contribution in [1.82, 2.24) is 9.71 Å². The highest BCUT2D eigenvalue weighted by atomic mass is 32.1. The number of rotatable bonds is 1. The van der Waals surface area contributed by atoms with Crippen molar-refractivity contribution in [2.75, 3.05) is 0 Å². The van der Waals surface area contributed by atoms with Gasteiger partial charge in [-0.25, -0.2) is 4.98 Å². The lowest BCUT2D eigenvalue weighted by Gasteiger charge is -2.00. The van der Waals surface area contributed by atoms with Crippen LogP contribution in [0.5, 0.6) is 0 Å². The summed E-state index contributed by atoms with van der Waals surface area (Å²) in [5.74, 6) is 0.598. The van der Waals surface area contributed by atoms with Gasteiger partial charge in [0.25, 0.3) is 0 Å². The molecule has 0 unspecified atom stereocenters. The van der Waals surface area contributed by atoms with Crippen LogP contribution in [-0.4, -0.2) is 14.9 Å². The van der Waals surface area contributed by atoms with Gasteiger partial charge in [-0.1, -0.05) is 6.07 Å². The number of pyridine rings is 1. The maximum absolute atomic E-state index is 9.54. The van der Waals surface area contributed by atoms with Gasteiger partial charge in [-0.2, -0.15) is 4.73 Å². The second kappa shape index (κ2) is 3.10. The molecule has 0 aromatic carbocycles. The Morgan fingerprint density at radius 3 is 2.93 bits per heavy atom. The van der Waals surface area contributed by atoms with Crippen molar-refractivity contribution in [3.63, 3.8) is 0 Å². The molecule has 0 bridgehead atoms. The molecule has 0 aliphatic carbocycles. The van der Waals surface area contributed by atoms with E-state index in [0.29, 0.717) is 5.82 Å². The zero-order valence-corrected chi connectivity index (χ0v) is 8.61. The van der Waals surface area contributed by atoms with Gasteiger partial charge in [0.2, 0.25) is 0 Å². The highest BCUT2D eigenvalue weighted by Gasteiger charge is 2.12. The van der Waals surface area contributed by atoms with Crippen molar-refractivity contribution >= 4 is 11.3 Å². The van der Waals surface area contributed by atoms with Gasteiger partial charge in [0.1, 0.15) is 0 Å². The Morgan fingerprint density at radius 1 is 1.27 bits per heavy atom. The zero-order valence-electron chi connectivity index (χ0n) is 7.79. The summed E-state index contributed by atoms with van der Waals surface area (Å²) in [4.78, 5) is 5.49. The fourth-order valence-corrected chi connectivity index (χ4v) is 2.26. The van der Waals surface area contributed by atoms with Crippen LogP contribution in [-0.2, 0) is 0 Å². The molecule has 1 aromatic rings. The van der Waals surface area contributed by atoms with E-state index in [1.54, 1.807) is 23.6 Å². The van der Waals surface area contributed by atoms with E-state index in [4.69, 9.17) is 0 Å². The molecule has 15 heavy (non-hydrogen) atoms. The van der Waals surface area contributed by atoms with Crippen LogP contribution in [0.3, 0.4) is 0 Å². The third-order valence-corrected chi connectivity index (χ3v) is 3.16. The Bertz CT molecular complexity index is 556. The molecule has 3 nitrogen and oxygen atoms in total. The molecule has 2 aliphatic rings. The molecule has 3 rings (SSSR count). The Morgan fingerprint density at radius 2 is 2.20 bits per heavy atom. The molecule has 1 N–H and O–H groups in total. The summed E-state index contributed by atoms with van der Waals surface area (Å²) < 4.78 is 1.05. The minimum atomic E-state index is 0.598. The molecule has 4 heteroatoms. The molecule has 0 spiro atoms. The fraction of sp³-hybridized carbons (Fsp3) is 0. The zero-order chi connectivity index (χ0) is 10.3. The molecule has 1 aromatic heterocycles. The van der Waals surface area contributed by atoms with E-state index in [1.165, 1.54) is 0 Å². The Hall–Kier alpha value is -1.81. The van der Waals surface area contributed by atoms with Gasteiger partial charge in [0.05, 0.1) is 10.6 Å². The van der Waals surface area contributed by atoms with Gasteiger partial charge >= 0.3 is 0 Å². The first-order valence-electron chi connectivity index (χ1n) is 4.56. The number of hydrogen-bond donors (Lipinski definition) is 1. The van der Waals surface area contributed by atoms with Crippen molar-refractivity contribution in [3.05, 3.63) is 41.9 Å². The molecule has 0 radical (unpaired) electrons. The summed E-state index contributed by atoms with van der Waals surface area (Å²) in [6.45, 7) is 0. The third kappa shape index (κ3) is 1.30. The molecule has 0 fully saturated rings. The van der Waals surface area contributed by atoms with Crippen molar-refractivity contribution < 1.29 is 5.21 Å². The molecule has 0 atom stereocenters. The van der Waals surface area contributed by atoms with Crippen LogP contribution in [0.2, 0.25) is 0 Å². The van der Waals surface area contributed by atoms with Crippen LogP contribution >= 0.6 is 11.3 Å². The van der Waals surface area contributed by atoms with Crippen molar-refractivity contribution in [2.45, 2.75) is 0 Å². The Kier molecular flexibility index (Phi) is 1.76. The molecule has 0 amide bonds. The largest absolute Gasteiger partial charge is 0.427 e. The van der Waals surface area contributed by atoms with Gasteiger partial charge in [-0.3, -0.25) is 0 Å². The number of aromatic nitrogens is 2. The molecule has 0 saturated carbocycles. The highest BCUT2D eigenvalue weighted by molar-refractivity contribution is 7.13. The van der Waals surface area contributed by atoms with E-state index in [2.05, 4.69) is 4.98 Å². The lowest BCUT2D eigenvalue weighted by atomic mass is 10.2. The lowest BCUT2D eigenvalue weighted by Crippen LogP contribution is -1.96. The minimum absolute atomic E-state index is 0.598.